The van der Waals surface area contributed by atoms with Crippen molar-refractivity contribution in [1.82, 2.24) is 4.90 Å². The van der Waals surface area contributed by atoms with E-state index in [1.807, 2.05) is 68.5 Å². The minimum absolute atomic E-state index is 0.0304. The summed E-state index contributed by atoms with van der Waals surface area (Å²) in [6.45, 7) is 2.09. The molecule has 0 aliphatic carbocycles. The molecule has 0 spiro atoms. The van der Waals surface area contributed by atoms with E-state index in [1.54, 1.807) is 6.07 Å². The van der Waals surface area contributed by atoms with Gasteiger partial charge >= 0.3 is 0 Å². The monoisotopic (exact) mass is 309 g/mol. The van der Waals surface area contributed by atoms with Crippen LogP contribution in [0.25, 0.3) is 28.0 Å². The first-order valence-electron chi connectivity index (χ1n) is 7.76. The molecule has 0 amide bonds. The zero-order chi connectivity index (χ0) is 16.8. The molecule has 1 heterocycles. The van der Waals surface area contributed by atoms with Gasteiger partial charge < -0.3 is 9.32 Å². The summed E-state index contributed by atoms with van der Waals surface area (Å²) in [5, 5.41) is 1.26. The van der Waals surface area contributed by atoms with Crippen molar-refractivity contribution < 1.29 is 4.42 Å². The van der Waals surface area contributed by atoms with Gasteiger partial charge in [0.15, 0.2) is 0 Å². The molecule has 3 aromatic rings. The third-order valence-corrected chi connectivity index (χ3v) is 3.15. The highest BCUT2D eigenvalue weighted by Gasteiger charge is 2.06. The van der Waals surface area contributed by atoms with E-state index in [0.29, 0.717) is 21.9 Å². The number of para-hydroxylation sites is 1. The van der Waals surface area contributed by atoms with Crippen molar-refractivity contribution in [2.75, 3.05) is 21.1 Å². The summed E-state index contributed by atoms with van der Waals surface area (Å²) in [6.07, 6.45) is 5.11. The van der Waals surface area contributed by atoms with Crippen molar-refractivity contribution in [3.05, 3.63) is 64.3 Å². The molecule has 0 bridgehead atoms. The molecule has 0 unspecified atom stereocenters. The molecule has 120 valence electrons. The zero-order valence-electron chi connectivity index (χ0n) is 14.2. The van der Waals surface area contributed by atoms with Crippen LogP contribution in [0.1, 0.15) is 18.9 Å². The Kier molecular flexibility index (Phi) is 5.72. The Morgan fingerprint density at radius 1 is 1.00 bits per heavy atom. The van der Waals surface area contributed by atoms with Crippen LogP contribution in [-0.2, 0) is 0 Å². The summed E-state index contributed by atoms with van der Waals surface area (Å²) in [7, 11) is 6.00. The van der Waals surface area contributed by atoms with Crippen LogP contribution in [0.15, 0.2) is 57.8 Å². The molecular formula is C20H23NO2. The van der Waals surface area contributed by atoms with E-state index in [0.717, 1.165) is 12.0 Å². The molecule has 0 aliphatic heterocycles. The van der Waals surface area contributed by atoms with Crippen molar-refractivity contribution in [2.24, 2.45) is 0 Å². The maximum absolute atomic E-state index is 12.3. The van der Waals surface area contributed by atoms with E-state index < -0.39 is 0 Å². The van der Waals surface area contributed by atoms with Gasteiger partial charge in [-0.3, -0.25) is 4.79 Å². The van der Waals surface area contributed by atoms with E-state index in [9.17, 15) is 4.79 Å². The van der Waals surface area contributed by atoms with Crippen LogP contribution in [0, 0.1) is 0 Å². The van der Waals surface area contributed by atoms with Gasteiger partial charge in [-0.2, -0.15) is 0 Å². The quantitative estimate of drug-likeness (QED) is 0.651. The average Bonchev–Trinajstić information content (AvgIpc) is 2.52. The number of allylic oxidation sites excluding steroid dienone is 1. The van der Waals surface area contributed by atoms with Gasteiger partial charge in [0.2, 0.25) is 5.43 Å². The van der Waals surface area contributed by atoms with Crippen molar-refractivity contribution in [2.45, 2.75) is 13.3 Å². The molecule has 2 aromatic carbocycles. The minimum atomic E-state index is 0.0304. The van der Waals surface area contributed by atoms with Crippen molar-refractivity contribution in [1.29, 1.82) is 0 Å². The summed E-state index contributed by atoms with van der Waals surface area (Å²) >= 11 is 0. The molecule has 0 saturated heterocycles. The van der Waals surface area contributed by atoms with E-state index in [2.05, 4.69) is 13.0 Å². The van der Waals surface area contributed by atoms with Crippen LogP contribution in [0.3, 0.4) is 0 Å². The second kappa shape index (κ2) is 7.75. The van der Waals surface area contributed by atoms with Gasteiger partial charge in [-0.25, -0.2) is 0 Å². The molecule has 0 saturated carbocycles. The molecule has 0 fully saturated rings. The van der Waals surface area contributed by atoms with Gasteiger partial charge in [0, 0.05) is 0 Å². The Balaban J connectivity index is 0.000000433. The molecule has 1 aromatic heterocycles. The van der Waals surface area contributed by atoms with Gasteiger partial charge in [-0.15, -0.1) is 0 Å². The molecule has 0 aliphatic rings. The third kappa shape index (κ3) is 4.30. The standard InChI is InChI=1S/C17H14O2.C3H9N/c1-2-3-6-12-9-10-14-16(11-12)19-15-8-5-4-7-13(15)17(14)18;1-4(2)3/h3-11H,2H2,1H3;1-3H3. The average molecular weight is 309 g/mol. The lowest BCUT2D eigenvalue weighted by Crippen LogP contribution is -2.01. The summed E-state index contributed by atoms with van der Waals surface area (Å²) in [6, 6.07) is 13.0. The van der Waals surface area contributed by atoms with Crippen LogP contribution in [0.5, 0.6) is 0 Å². The lowest BCUT2D eigenvalue weighted by atomic mass is 10.1. The van der Waals surface area contributed by atoms with Gasteiger partial charge in [0.25, 0.3) is 0 Å². The second-order valence-electron chi connectivity index (χ2n) is 5.84. The Hall–Kier alpha value is -2.39. The summed E-state index contributed by atoms with van der Waals surface area (Å²) in [5.41, 5.74) is 2.36. The first-order chi connectivity index (χ1) is 11.0. The Morgan fingerprint density at radius 2 is 1.65 bits per heavy atom. The van der Waals surface area contributed by atoms with E-state index >= 15 is 0 Å². The van der Waals surface area contributed by atoms with E-state index in [4.69, 9.17) is 4.42 Å². The number of rotatable bonds is 2. The van der Waals surface area contributed by atoms with Crippen molar-refractivity contribution >= 4 is 28.0 Å². The maximum Gasteiger partial charge on any atom is 0.200 e. The summed E-state index contributed by atoms with van der Waals surface area (Å²) in [4.78, 5) is 14.3. The fourth-order valence-corrected chi connectivity index (χ4v) is 2.18. The van der Waals surface area contributed by atoms with Gasteiger partial charge in [0.1, 0.15) is 11.2 Å². The SMILES string of the molecule is CCC=Cc1ccc2c(=O)c3ccccc3oc2c1.CN(C)C. The van der Waals surface area contributed by atoms with Crippen LogP contribution < -0.4 is 5.43 Å². The highest BCUT2D eigenvalue weighted by molar-refractivity contribution is 5.90. The summed E-state index contributed by atoms with van der Waals surface area (Å²) in [5.74, 6) is 0. The van der Waals surface area contributed by atoms with Gasteiger partial charge in [0.05, 0.1) is 10.8 Å². The lowest BCUT2D eigenvalue weighted by Gasteiger charge is -2.02. The normalized spacial score (nSPS) is 11.2. The smallest absolute Gasteiger partial charge is 0.200 e. The first-order valence-corrected chi connectivity index (χ1v) is 7.76. The molecule has 0 radical (unpaired) electrons. The van der Waals surface area contributed by atoms with Gasteiger partial charge in [-0.1, -0.05) is 37.3 Å². The molecule has 3 nitrogen and oxygen atoms in total. The fourth-order valence-electron chi connectivity index (χ4n) is 2.18. The largest absolute Gasteiger partial charge is 0.456 e. The van der Waals surface area contributed by atoms with Gasteiger partial charge in [-0.05, 0) is 57.4 Å². The number of fused-ring (bicyclic) bond motifs is 2. The molecular weight excluding hydrogens is 286 g/mol. The predicted octanol–water partition coefficient (Wildman–Crippen LogP) is 4.55. The zero-order valence-corrected chi connectivity index (χ0v) is 14.2. The predicted molar refractivity (Wildman–Crippen MR) is 98.9 cm³/mol. The van der Waals surface area contributed by atoms with Crippen LogP contribution >= 0.6 is 0 Å². The number of benzene rings is 2. The van der Waals surface area contributed by atoms with Crippen LogP contribution in [0.2, 0.25) is 0 Å². The second-order valence-corrected chi connectivity index (χ2v) is 5.84. The first kappa shape index (κ1) is 17.0. The molecule has 0 N–H and O–H groups in total. The van der Waals surface area contributed by atoms with Crippen molar-refractivity contribution in [3.8, 4) is 0 Å². The minimum Gasteiger partial charge on any atom is -0.456 e. The maximum atomic E-state index is 12.3. The Bertz CT molecular complexity index is 873. The van der Waals surface area contributed by atoms with Crippen LogP contribution in [-0.4, -0.2) is 26.0 Å². The topological polar surface area (TPSA) is 33.5 Å². The molecule has 3 heteroatoms. The Morgan fingerprint density at radius 3 is 2.35 bits per heavy atom. The number of nitrogens with zero attached hydrogens (tertiary/aromatic N) is 1. The fraction of sp³-hybridized carbons (Fsp3) is 0.250. The van der Waals surface area contributed by atoms with E-state index in [-0.39, 0.29) is 5.43 Å². The molecule has 0 atom stereocenters. The summed E-state index contributed by atoms with van der Waals surface area (Å²) < 4.78 is 5.81. The third-order valence-electron chi connectivity index (χ3n) is 3.15. The van der Waals surface area contributed by atoms with Crippen molar-refractivity contribution in [3.63, 3.8) is 0 Å². The lowest BCUT2D eigenvalue weighted by molar-refractivity contribution is 0.505. The highest BCUT2D eigenvalue weighted by atomic mass is 16.3. The van der Waals surface area contributed by atoms with Crippen LogP contribution in [0.4, 0.5) is 0 Å². The number of hydrogen-bond acceptors (Lipinski definition) is 3. The molecule has 3 rings (SSSR count). The van der Waals surface area contributed by atoms with E-state index in [1.165, 1.54) is 0 Å². The molecule has 23 heavy (non-hydrogen) atoms. The highest BCUT2D eigenvalue weighted by Crippen LogP contribution is 2.20. The number of hydrogen-bond donors (Lipinski definition) is 0. The Labute approximate surface area is 136 Å².